The van der Waals surface area contributed by atoms with Crippen molar-refractivity contribution >= 4 is 23.3 Å². The zero-order chi connectivity index (χ0) is 21.5. The van der Waals surface area contributed by atoms with Gasteiger partial charge in [0.2, 0.25) is 0 Å². The Balaban J connectivity index is 1.79. The van der Waals surface area contributed by atoms with Crippen molar-refractivity contribution < 1.29 is 19.1 Å². The van der Waals surface area contributed by atoms with Gasteiger partial charge in [0.1, 0.15) is 11.3 Å². The van der Waals surface area contributed by atoms with E-state index in [-0.39, 0.29) is 0 Å². The number of halogens is 1. The van der Waals surface area contributed by atoms with E-state index in [0.29, 0.717) is 22.9 Å². The quantitative estimate of drug-likeness (QED) is 0.375. The predicted molar refractivity (Wildman–Crippen MR) is 118 cm³/mol. The highest BCUT2D eigenvalue weighted by molar-refractivity contribution is 6.30. The zero-order valence-corrected chi connectivity index (χ0v) is 17.7. The van der Waals surface area contributed by atoms with Crippen LogP contribution in [0.1, 0.15) is 35.4 Å². The fourth-order valence-electron chi connectivity index (χ4n) is 3.17. The molecule has 0 saturated heterocycles. The van der Waals surface area contributed by atoms with Gasteiger partial charge in [0.25, 0.3) is 0 Å². The number of rotatable bonds is 9. The Morgan fingerprint density at radius 1 is 1.23 bits per heavy atom. The Bertz CT molecular complexity index is 989. The number of carbonyl (C=O) groups is 1. The zero-order valence-electron chi connectivity index (χ0n) is 17.0. The lowest BCUT2D eigenvalue weighted by molar-refractivity contribution is 0.0601. The first kappa shape index (κ1) is 21.9. The fraction of sp³-hybridized carbons (Fsp3) is 0.261. The van der Waals surface area contributed by atoms with E-state index in [1.807, 2.05) is 41.4 Å². The minimum absolute atomic E-state index is 0.318. The summed E-state index contributed by atoms with van der Waals surface area (Å²) in [7, 11) is 1.34. The lowest BCUT2D eigenvalue weighted by Gasteiger charge is -2.27. The molecule has 0 radical (unpaired) electrons. The van der Waals surface area contributed by atoms with E-state index >= 15 is 0 Å². The number of nitrogens with one attached hydrogen (secondary N) is 1. The normalized spacial score (nSPS) is 11.9. The van der Waals surface area contributed by atoms with Gasteiger partial charge in [-0.05, 0) is 42.3 Å². The van der Waals surface area contributed by atoms with Crippen LogP contribution in [-0.2, 0) is 4.74 Å². The predicted octanol–water partition coefficient (Wildman–Crippen LogP) is 4.84. The smallest absolute Gasteiger partial charge is 0.341 e. The summed E-state index contributed by atoms with van der Waals surface area (Å²) in [6, 6.07) is 16.4. The summed E-state index contributed by atoms with van der Waals surface area (Å²) < 4.78 is 10.4. The van der Waals surface area contributed by atoms with Crippen LogP contribution in [-0.4, -0.2) is 31.3 Å². The molecule has 7 heteroatoms. The molecule has 1 aromatic heterocycles. The largest absolute Gasteiger partial charge is 0.465 e. The number of aliphatic hydroxyl groups is 1. The molecule has 1 heterocycles. The average Bonchev–Trinajstić information content (AvgIpc) is 3.26. The van der Waals surface area contributed by atoms with Crippen molar-refractivity contribution in [1.82, 2.24) is 5.43 Å². The van der Waals surface area contributed by atoms with Gasteiger partial charge in [-0.25, -0.2) is 10.2 Å². The summed E-state index contributed by atoms with van der Waals surface area (Å²) in [4.78, 5) is 12.0. The van der Waals surface area contributed by atoms with Crippen LogP contribution in [0, 0.1) is 0 Å². The molecule has 0 aliphatic rings. The Hall–Kier alpha value is -2.80. The molecule has 6 nitrogen and oxygen atoms in total. The van der Waals surface area contributed by atoms with Crippen molar-refractivity contribution in [2.75, 3.05) is 25.2 Å². The Labute approximate surface area is 181 Å². The van der Waals surface area contributed by atoms with E-state index < -0.39 is 12.1 Å². The highest BCUT2D eigenvalue weighted by Gasteiger charge is 2.18. The van der Waals surface area contributed by atoms with Crippen LogP contribution >= 0.6 is 11.6 Å². The van der Waals surface area contributed by atoms with Gasteiger partial charge in [-0.15, -0.1) is 0 Å². The molecule has 0 bridgehead atoms. The van der Waals surface area contributed by atoms with Crippen molar-refractivity contribution in [3.63, 3.8) is 0 Å². The highest BCUT2D eigenvalue weighted by atomic mass is 35.5. The lowest BCUT2D eigenvalue weighted by atomic mass is 10.1. The molecule has 3 aromatic rings. The third-order valence-corrected chi connectivity index (χ3v) is 4.88. The number of nitrogens with zero attached hydrogens (tertiary/aromatic N) is 1. The monoisotopic (exact) mass is 428 g/mol. The highest BCUT2D eigenvalue weighted by Crippen LogP contribution is 2.29. The van der Waals surface area contributed by atoms with E-state index in [2.05, 4.69) is 12.3 Å². The Morgan fingerprint density at radius 3 is 2.77 bits per heavy atom. The third kappa shape index (κ3) is 5.21. The average molecular weight is 429 g/mol. The second-order valence-electron chi connectivity index (χ2n) is 6.79. The van der Waals surface area contributed by atoms with Crippen LogP contribution < -0.4 is 10.4 Å². The van der Waals surface area contributed by atoms with E-state index in [0.717, 1.165) is 29.8 Å². The van der Waals surface area contributed by atoms with Crippen LogP contribution in [0.4, 0.5) is 5.69 Å². The van der Waals surface area contributed by atoms with Crippen LogP contribution in [0.2, 0.25) is 5.02 Å². The number of anilines is 1. The first-order chi connectivity index (χ1) is 14.5. The molecular formula is C23H25ClN2O4. The molecule has 1 atom stereocenters. The number of hydrogen-bond donors (Lipinski definition) is 2. The summed E-state index contributed by atoms with van der Waals surface area (Å²) in [5.41, 5.74) is 6.07. The minimum atomic E-state index is -0.706. The molecule has 2 aromatic carbocycles. The second kappa shape index (κ2) is 10.3. The third-order valence-electron chi connectivity index (χ3n) is 4.65. The molecular weight excluding hydrogens is 404 g/mol. The number of hydrazine groups is 1. The topological polar surface area (TPSA) is 74.9 Å². The maximum absolute atomic E-state index is 12.0. The number of furan rings is 1. The lowest BCUT2D eigenvalue weighted by Crippen LogP contribution is -2.41. The maximum Gasteiger partial charge on any atom is 0.341 e. The van der Waals surface area contributed by atoms with Gasteiger partial charge in [0.05, 0.1) is 25.2 Å². The van der Waals surface area contributed by atoms with Crippen molar-refractivity contribution in [2.24, 2.45) is 0 Å². The molecule has 0 aliphatic carbocycles. The van der Waals surface area contributed by atoms with Crippen molar-refractivity contribution in [1.29, 1.82) is 0 Å². The fourth-order valence-corrected chi connectivity index (χ4v) is 3.37. The number of hydrogen-bond acceptors (Lipinski definition) is 6. The number of aliphatic hydroxyl groups excluding tert-OH is 1. The molecule has 0 fully saturated rings. The Morgan fingerprint density at radius 2 is 2.03 bits per heavy atom. The minimum Gasteiger partial charge on any atom is -0.465 e. The van der Waals surface area contributed by atoms with Crippen LogP contribution in [0.25, 0.3) is 11.3 Å². The first-order valence-electron chi connectivity index (χ1n) is 9.74. The summed E-state index contributed by atoms with van der Waals surface area (Å²) in [5.74, 6) is 0.0106. The van der Waals surface area contributed by atoms with Crippen LogP contribution in [0.5, 0.6) is 0 Å². The van der Waals surface area contributed by atoms with Crippen molar-refractivity contribution in [2.45, 2.75) is 19.4 Å². The Kier molecular flexibility index (Phi) is 7.52. The van der Waals surface area contributed by atoms with Gasteiger partial charge in [-0.3, -0.25) is 0 Å². The molecule has 2 N–H and O–H groups in total. The van der Waals surface area contributed by atoms with Gasteiger partial charge in [0.15, 0.2) is 0 Å². The van der Waals surface area contributed by atoms with Gasteiger partial charge in [0, 0.05) is 23.7 Å². The first-order valence-corrected chi connectivity index (χ1v) is 10.1. The molecule has 0 amide bonds. The van der Waals surface area contributed by atoms with Gasteiger partial charge in [-0.1, -0.05) is 42.8 Å². The van der Waals surface area contributed by atoms with E-state index in [4.69, 9.17) is 20.8 Å². The summed E-state index contributed by atoms with van der Waals surface area (Å²) in [6.07, 6.45) is 1.67. The van der Waals surface area contributed by atoms with E-state index in [1.165, 1.54) is 13.4 Å². The van der Waals surface area contributed by atoms with E-state index in [1.54, 1.807) is 18.2 Å². The molecule has 0 unspecified atom stereocenters. The number of esters is 1. The number of methoxy groups -OCH3 is 1. The summed E-state index contributed by atoms with van der Waals surface area (Å²) >= 11 is 6.03. The molecule has 0 aliphatic heterocycles. The standard InChI is InChI=1S/C23H25ClN2O4/c1-3-11-26(25-15-21(27)16-6-4-8-18(24)13-16)19-9-5-7-17(14-19)22-20(10-12-30-22)23(28)29-2/h4-10,12-14,21,25,27H,3,11,15H2,1-2H3/t21-/m0/s1. The van der Waals surface area contributed by atoms with E-state index in [9.17, 15) is 9.90 Å². The van der Waals surface area contributed by atoms with Crippen molar-refractivity contribution in [3.8, 4) is 11.3 Å². The molecule has 158 valence electrons. The molecule has 0 saturated carbocycles. The van der Waals surface area contributed by atoms with Crippen LogP contribution in [0.15, 0.2) is 65.3 Å². The molecule has 3 rings (SSSR count). The maximum atomic E-state index is 12.0. The molecule has 0 spiro atoms. The van der Waals surface area contributed by atoms with Crippen LogP contribution in [0.3, 0.4) is 0 Å². The summed E-state index contributed by atoms with van der Waals surface area (Å²) in [5, 5.41) is 13.1. The van der Waals surface area contributed by atoms with Gasteiger partial charge >= 0.3 is 5.97 Å². The van der Waals surface area contributed by atoms with Gasteiger partial charge in [-0.2, -0.15) is 0 Å². The summed E-state index contributed by atoms with van der Waals surface area (Å²) in [6.45, 7) is 3.13. The number of ether oxygens (including phenoxy) is 1. The molecule has 30 heavy (non-hydrogen) atoms. The SMILES string of the molecule is CCCN(NC[C@H](O)c1cccc(Cl)c1)c1cccc(-c2occc2C(=O)OC)c1. The van der Waals surface area contributed by atoms with Crippen molar-refractivity contribution in [3.05, 3.63) is 77.0 Å². The van der Waals surface area contributed by atoms with Gasteiger partial charge < -0.3 is 19.3 Å². The number of benzene rings is 2. The number of carbonyl (C=O) groups excluding carboxylic acids is 1. The second-order valence-corrected chi connectivity index (χ2v) is 7.23.